The third-order valence-electron chi connectivity index (χ3n) is 7.22. The molecule has 182 valence electrons. The van der Waals surface area contributed by atoms with Crippen LogP contribution in [0, 0.1) is 0 Å². The third kappa shape index (κ3) is 4.76. The van der Waals surface area contributed by atoms with E-state index in [1.807, 2.05) is 10.6 Å². The van der Waals surface area contributed by atoms with Crippen LogP contribution in [0.15, 0.2) is 40.4 Å². The van der Waals surface area contributed by atoms with Crippen LogP contribution in [0.1, 0.15) is 50.1 Å². The second kappa shape index (κ2) is 9.31. The lowest BCUT2D eigenvalue weighted by atomic mass is 10.0. The highest BCUT2D eigenvalue weighted by atomic mass is 32.2. The Morgan fingerprint density at radius 1 is 1.06 bits per heavy atom. The van der Waals surface area contributed by atoms with Crippen molar-refractivity contribution in [3.8, 4) is 0 Å². The van der Waals surface area contributed by atoms with Gasteiger partial charge in [0.25, 0.3) is 0 Å². The first kappa shape index (κ1) is 22.0. The Morgan fingerprint density at radius 3 is 2.80 bits per heavy atom. The summed E-state index contributed by atoms with van der Waals surface area (Å²) in [4.78, 5) is 8.54. The number of thiazole rings is 1. The van der Waals surface area contributed by atoms with Gasteiger partial charge in [-0.05, 0) is 80.6 Å². The van der Waals surface area contributed by atoms with Crippen LogP contribution < -0.4 is 5.32 Å². The van der Waals surface area contributed by atoms with Crippen LogP contribution in [0.25, 0.3) is 15.9 Å². The Bertz CT molecular complexity index is 1340. The molecule has 5 heterocycles. The van der Waals surface area contributed by atoms with Crippen molar-refractivity contribution < 1.29 is 4.74 Å². The van der Waals surface area contributed by atoms with Gasteiger partial charge in [-0.25, -0.2) is 4.98 Å². The maximum atomic E-state index is 5.81. The zero-order valence-corrected chi connectivity index (χ0v) is 21.2. The molecule has 1 aliphatic carbocycles. The van der Waals surface area contributed by atoms with Gasteiger partial charge in [0.2, 0.25) is 5.16 Å². The van der Waals surface area contributed by atoms with E-state index in [1.54, 1.807) is 23.1 Å². The molecule has 1 saturated carbocycles. The average Bonchev–Trinajstić information content (AvgIpc) is 3.25. The Hall–Kier alpha value is -2.27. The van der Waals surface area contributed by atoms with Crippen LogP contribution in [-0.4, -0.2) is 68.1 Å². The third-order valence-corrected chi connectivity index (χ3v) is 9.10. The first-order valence-electron chi connectivity index (χ1n) is 12.7. The van der Waals surface area contributed by atoms with Crippen molar-refractivity contribution in [3.63, 3.8) is 0 Å². The van der Waals surface area contributed by atoms with E-state index in [-0.39, 0.29) is 0 Å². The van der Waals surface area contributed by atoms with Gasteiger partial charge in [-0.3, -0.25) is 0 Å². The normalized spacial score (nSPS) is 21.9. The van der Waals surface area contributed by atoms with E-state index < -0.39 is 0 Å². The van der Waals surface area contributed by atoms with Crippen molar-refractivity contribution in [1.29, 1.82) is 0 Å². The van der Waals surface area contributed by atoms with E-state index in [9.17, 15) is 0 Å². The number of fused-ring (bicyclic) bond motifs is 2. The van der Waals surface area contributed by atoms with Crippen molar-refractivity contribution in [1.82, 2.24) is 29.7 Å². The van der Waals surface area contributed by atoms with E-state index in [4.69, 9.17) is 14.8 Å². The minimum Gasteiger partial charge on any atom is -0.377 e. The van der Waals surface area contributed by atoms with Gasteiger partial charge < -0.3 is 15.0 Å². The summed E-state index contributed by atoms with van der Waals surface area (Å²) in [6.45, 7) is 4.29. The highest BCUT2D eigenvalue weighted by molar-refractivity contribution is 7.99. The van der Waals surface area contributed by atoms with Crippen molar-refractivity contribution in [2.24, 2.45) is 0 Å². The number of nitrogens with one attached hydrogen (secondary N) is 1. The molecular formula is C25H29N7OS2. The highest BCUT2D eigenvalue weighted by Crippen LogP contribution is 2.39. The molecule has 1 atom stereocenters. The number of anilines is 1. The second-order valence-corrected chi connectivity index (χ2v) is 12.0. The molecule has 3 fully saturated rings. The number of piperidine rings is 1. The fourth-order valence-electron chi connectivity index (χ4n) is 5.09. The number of rotatable bonds is 7. The molecular weight excluding hydrogens is 478 g/mol. The lowest BCUT2D eigenvalue weighted by molar-refractivity contribution is 0.0654. The molecule has 0 amide bonds. The largest absolute Gasteiger partial charge is 0.377 e. The topological polar surface area (TPSA) is 80.5 Å². The van der Waals surface area contributed by atoms with Crippen molar-refractivity contribution >= 4 is 44.1 Å². The van der Waals surface area contributed by atoms with Gasteiger partial charge in [0.05, 0.1) is 22.0 Å². The predicted octanol–water partition coefficient (Wildman–Crippen LogP) is 4.82. The Kier molecular flexibility index (Phi) is 5.84. The fourth-order valence-corrected chi connectivity index (χ4v) is 6.97. The van der Waals surface area contributed by atoms with Gasteiger partial charge >= 0.3 is 0 Å². The summed E-state index contributed by atoms with van der Waals surface area (Å²) >= 11 is 3.34. The average molecular weight is 508 g/mol. The first-order chi connectivity index (χ1) is 17.3. The summed E-state index contributed by atoms with van der Waals surface area (Å²) in [5.41, 5.74) is 2.98. The molecule has 3 aliphatic rings. The summed E-state index contributed by atoms with van der Waals surface area (Å²) < 4.78 is 8.88. The van der Waals surface area contributed by atoms with Gasteiger partial charge in [-0.2, -0.15) is 9.61 Å². The van der Waals surface area contributed by atoms with Crippen LogP contribution in [-0.2, 0) is 4.74 Å². The molecule has 10 heteroatoms. The minimum atomic E-state index is 0.447. The van der Waals surface area contributed by atoms with E-state index in [0.717, 1.165) is 71.1 Å². The number of hydrogen-bond acceptors (Lipinski definition) is 9. The quantitative estimate of drug-likeness (QED) is 0.381. The summed E-state index contributed by atoms with van der Waals surface area (Å²) in [5.74, 6) is 0.604. The molecule has 2 saturated heterocycles. The summed E-state index contributed by atoms with van der Waals surface area (Å²) in [7, 11) is 0. The molecule has 0 radical (unpaired) electrons. The number of benzene rings is 1. The first-order valence-corrected chi connectivity index (χ1v) is 14.3. The summed E-state index contributed by atoms with van der Waals surface area (Å²) in [5, 5.41) is 19.0. The molecule has 0 bridgehead atoms. The molecule has 1 N–H and O–H groups in total. The van der Waals surface area contributed by atoms with Crippen LogP contribution in [0.2, 0.25) is 0 Å². The van der Waals surface area contributed by atoms with E-state index in [0.29, 0.717) is 18.1 Å². The van der Waals surface area contributed by atoms with Gasteiger partial charge in [-0.1, -0.05) is 11.3 Å². The van der Waals surface area contributed by atoms with Crippen LogP contribution in [0.4, 0.5) is 5.13 Å². The van der Waals surface area contributed by atoms with Gasteiger partial charge in [-0.15, -0.1) is 10.2 Å². The Morgan fingerprint density at radius 2 is 1.97 bits per heavy atom. The molecule has 35 heavy (non-hydrogen) atoms. The molecule has 3 aromatic heterocycles. The van der Waals surface area contributed by atoms with E-state index in [1.165, 1.54) is 30.4 Å². The zero-order chi connectivity index (χ0) is 23.2. The summed E-state index contributed by atoms with van der Waals surface area (Å²) in [6, 6.07) is 11.0. The molecule has 0 spiro atoms. The molecule has 8 nitrogen and oxygen atoms in total. The smallest absolute Gasteiger partial charge is 0.217 e. The predicted molar refractivity (Wildman–Crippen MR) is 139 cm³/mol. The van der Waals surface area contributed by atoms with Crippen LogP contribution >= 0.6 is 23.1 Å². The monoisotopic (exact) mass is 507 g/mol. The van der Waals surface area contributed by atoms with Crippen molar-refractivity contribution in [2.75, 3.05) is 31.6 Å². The van der Waals surface area contributed by atoms with Crippen molar-refractivity contribution in [3.05, 3.63) is 36.0 Å². The van der Waals surface area contributed by atoms with E-state index >= 15 is 0 Å². The number of nitrogens with zero attached hydrogens (tertiary/aromatic N) is 6. The lowest BCUT2D eigenvalue weighted by Crippen LogP contribution is -2.42. The minimum absolute atomic E-state index is 0.447. The van der Waals surface area contributed by atoms with Gasteiger partial charge in [0.1, 0.15) is 0 Å². The van der Waals surface area contributed by atoms with Crippen LogP contribution in [0.5, 0.6) is 0 Å². The number of ether oxygens (including phenoxy) is 1. The van der Waals surface area contributed by atoms with Gasteiger partial charge in [0, 0.05) is 43.1 Å². The summed E-state index contributed by atoms with van der Waals surface area (Å²) in [6.07, 6.45) is 7.65. The van der Waals surface area contributed by atoms with Crippen LogP contribution in [0.3, 0.4) is 0 Å². The fraction of sp³-hybridized carbons (Fsp3) is 0.520. The van der Waals surface area contributed by atoms with Crippen molar-refractivity contribution in [2.45, 2.75) is 66.6 Å². The molecule has 1 unspecified atom stereocenters. The highest BCUT2D eigenvalue weighted by Gasteiger charge is 2.26. The lowest BCUT2D eigenvalue weighted by Gasteiger charge is -2.33. The number of hydrogen-bond donors (Lipinski definition) is 1. The number of likely N-dealkylation sites (tertiary alicyclic amines) is 1. The Balaban J connectivity index is 1.01. The van der Waals surface area contributed by atoms with E-state index in [2.05, 4.69) is 44.7 Å². The standard InChI is InChI=1S/C25H29N7OS2/c1-2-18(33-13-1)15-31-11-9-17(10-12-31)26-24-27-21-6-5-19(14-22(21)35-24)34-25-29-28-23-8-7-20(16-3-4-16)30-32(23)25/h5-8,14,16-18H,1-4,9-13,15H2,(H,26,27). The Labute approximate surface area is 212 Å². The zero-order valence-electron chi connectivity index (χ0n) is 19.6. The maximum Gasteiger partial charge on any atom is 0.217 e. The maximum absolute atomic E-state index is 5.81. The SMILES string of the molecule is c1cc2nc(NC3CCN(CC4CCCO4)CC3)sc2cc1Sc1nnc2ccc(C3CC3)nn12. The second-order valence-electron chi connectivity index (χ2n) is 9.89. The molecule has 7 rings (SSSR count). The number of aromatic nitrogens is 5. The molecule has 2 aliphatic heterocycles. The molecule has 1 aromatic carbocycles. The van der Waals surface area contributed by atoms with Gasteiger partial charge in [0.15, 0.2) is 10.8 Å². The molecule has 4 aromatic rings.